The van der Waals surface area contributed by atoms with Gasteiger partial charge in [-0.05, 0) is 45.6 Å². The van der Waals surface area contributed by atoms with E-state index in [1.165, 1.54) is 0 Å². The molecule has 0 fully saturated rings. The average molecular weight is 266 g/mol. The van der Waals surface area contributed by atoms with Crippen molar-refractivity contribution < 1.29 is 9.84 Å². The van der Waals surface area contributed by atoms with E-state index >= 15 is 0 Å². The SMILES string of the molecule is CCOc1ccc(C(O)C(C)NCCN(C)C)cc1. The van der Waals surface area contributed by atoms with Gasteiger partial charge in [-0.1, -0.05) is 12.1 Å². The van der Waals surface area contributed by atoms with E-state index in [1.54, 1.807) is 0 Å². The molecule has 0 amide bonds. The normalized spacial score (nSPS) is 14.4. The smallest absolute Gasteiger partial charge is 0.119 e. The molecule has 0 aliphatic rings. The molecule has 0 saturated carbocycles. The molecule has 0 saturated heterocycles. The summed E-state index contributed by atoms with van der Waals surface area (Å²) in [5.41, 5.74) is 0.910. The molecule has 0 aliphatic carbocycles. The Labute approximate surface area is 116 Å². The van der Waals surface area contributed by atoms with Gasteiger partial charge >= 0.3 is 0 Å². The van der Waals surface area contributed by atoms with Crippen molar-refractivity contribution in [1.29, 1.82) is 0 Å². The molecule has 0 aromatic heterocycles. The lowest BCUT2D eigenvalue weighted by molar-refractivity contribution is 0.135. The monoisotopic (exact) mass is 266 g/mol. The fourth-order valence-electron chi connectivity index (χ4n) is 1.84. The number of aliphatic hydroxyl groups is 1. The predicted molar refractivity (Wildman–Crippen MR) is 78.6 cm³/mol. The van der Waals surface area contributed by atoms with Crippen molar-refractivity contribution in [3.8, 4) is 5.75 Å². The van der Waals surface area contributed by atoms with Gasteiger partial charge in [-0.2, -0.15) is 0 Å². The number of hydrogen-bond acceptors (Lipinski definition) is 4. The fraction of sp³-hybridized carbons (Fsp3) is 0.600. The molecule has 0 spiro atoms. The van der Waals surface area contributed by atoms with Crippen LogP contribution in [0.3, 0.4) is 0 Å². The molecule has 4 nitrogen and oxygen atoms in total. The van der Waals surface area contributed by atoms with Crippen molar-refractivity contribution in [1.82, 2.24) is 10.2 Å². The third-order valence-corrected chi connectivity index (χ3v) is 3.03. The third-order valence-electron chi connectivity index (χ3n) is 3.03. The topological polar surface area (TPSA) is 44.7 Å². The third kappa shape index (κ3) is 5.59. The van der Waals surface area contributed by atoms with Gasteiger partial charge in [-0.3, -0.25) is 0 Å². The molecule has 1 aromatic rings. The van der Waals surface area contributed by atoms with Crippen molar-refractivity contribution in [2.24, 2.45) is 0 Å². The maximum atomic E-state index is 10.3. The highest BCUT2D eigenvalue weighted by atomic mass is 16.5. The Morgan fingerprint density at radius 1 is 1.26 bits per heavy atom. The number of ether oxygens (including phenoxy) is 1. The zero-order valence-corrected chi connectivity index (χ0v) is 12.4. The number of likely N-dealkylation sites (N-methyl/N-ethyl adjacent to an activating group) is 1. The minimum atomic E-state index is -0.502. The highest BCUT2D eigenvalue weighted by Gasteiger charge is 2.15. The Kier molecular flexibility index (Phi) is 6.84. The van der Waals surface area contributed by atoms with Gasteiger partial charge in [0.05, 0.1) is 12.7 Å². The largest absolute Gasteiger partial charge is 0.494 e. The van der Waals surface area contributed by atoms with Gasteiger partial charge in [0.2, 0.25) is 0 Å². The lowest BCUT2D eigenvalue weighted by Gasteiger charge is -2.22. The van der Waals surface area contributed by atoms with E-state index in [9.17, 15) is 5.11 Å². The summed E-state index contributed by atoms with van der Waals surface area (Å²) in [5, 5.41) is 13.6. The molecular weight excluding hydrogens is 240 g/mol. The minimum Gasteiger partial charge on any atom is -0.494 e. The lowest BCUT2D eigenvalue weighted by Crippen LogP contribution is -2.36. The lowest BCUT2D eigenvalue weighted by atomic mass is 10.0. The van der Waals surface area contributed by atoms with Crippen LogP contribution >= 0.6 is 0 Å². The predicted octanol–water partition coefficient (Wildman–Crippen LogP) is 1.66. The minimum absolute atomic E-state index is 0.0258. The highest BCUT2D eigenvalue weighted by molar-refractivity contribution is 5.29. The van der Waals surface area contributed by atoms with Crippen molar-refractivity contribution in [2.45, 2.75) is 26.0 Å². The summed E-state index contributed by atoms with van der Waals surface area (Å²) in [6.07, 6.45) is -0.502. The van der Waals surface area contributed by atoms with Gasteiger partial charge in [0.15, 0.2) is 0 Å². The van der Waals surface area contributed by atoms with Gasteiger partial charge in [-0.25, -0.2) is 0 Å². The summed E-state index contributed by atoms with van der Waals surface area (Å²) in [6.45, 7) is 6.43. The van der Waals surface area contributed by atoms with Crippen LogP contribution in [0.25, 0.3) is 0 Å². The van der Waals surface area contributed by atoms with E-state index in [0.717, 1.165) is 24.4 Å². The number of rotatable bonds is 8. The maximum absolute atomic E-state index is 10.3. The van der Waals surface area contributed by atoms with Crippen molar-refractivity contribution >= 4 is 0 Å². The first-order valence-corrected chi connectivity index (χ1v) is 6.83. The molecule has 0 heterocycles. The van der Waals surface area contributed by atoms with Crippen LogP contribution in [0, 0.1) is 0 Å². The molecule has 2 atom stereocenters. The van der Waals surface area contributed by atoms with Gasteiger partial charge in [-0.15, -0.1) is 0 Å². The van der Waals surface area contributed by atoms with Crippen molar-refractivity contribution in [3.05, 3.63) is 29.8 Å². The van der Waals surface area contributed by atoms with Gasteiger partial charge in [0, 0.05) is 19.1 Å². The quantitative estimate of drug-likeness (QED) is 0.751. The Balaban J connectivity index is 2.48. The maximum Gasteiger partial charge on any atom is 0.119 e. The van der Waals surface area contributed by atoms with Crippen molar-refractivity contribution in [2.75, 3.05) is 33.8 Å². The summed E-state index contributed by atoms with van der Waals surface area (Å²) in [6, 6.07) is 7.65. The second-order valence-electron chi connectivity index (χ2n) is 4.99. The number of aliphatic hydroxyl groups excluding tert-OH is 1. The molecule has 2 N–H and O–H groups in total. The first-order chi connectivity index (χ1) is 9.04. The summed E-state index contributed by atoms with van der Waals surface area (Å²) < 4.78 is 5.39. The van der Waals surface area contributed by atoms with Gasteiger partial charge < -0.3 is 20.1 Å². The zero-order chi connectivity index (χ0) is 14.3. The average Bonchev–Trinajstić information content (AvgIpc) is 2.38. The molecule has 0 radical (unpaired) electrons. The van der Waals surface area contributed by atoms with Crippen LogP contribution in [-0.4, -0.2) is 49.8 Å². The van der Waals surface area contributed by atoms with E-state index in [4.69, 9.17) is 4.74 Å². The highest BCUT2D eigenvalue weighted by Crippen LogP contribution is 2.20. The van der Waals surface area contributed by atoms with Crippen LogP contribution in [-0.2, 0) is 0 Å². The number of hydrogen-bond donors (Lipinski definition) is 2. The Hall–Kier alpha value is -1.10. The van der Waals surface area contributed by atoms with E-state index in [-0.39, 0.29) is 6.04 Å². The first-order valence-electron chi connectivity index (χ1n) is 6.83. The van der Waals surface area contributed by atoms with Crippen LogP contribution in [0.4, 0.5) is 0 Å². The number of nitrogens with zero attached hydrogens (tertiary/aromatic N) is 1. The first kappa shape index (κ1) is 16.0. The molecule has 108 valence electrons. The molecule has 0 aliphatic heterocycles. The Morgan fingerprint density at radius 2 is 1.89 bits per heavy atom. The van der Waals surface area contributed by atoms with E-state index in [1.807, 2.05) is 52.2 Å². The summed E-state index contributed by atoms with van der Waals surface area (Å²) >= 11 is 0. The number of benzene rings is 1. The van der Waals surface area contributed by atoms with Crippen LogP contribution < -0.4 is 10.1 Å². The fourth-order valence-corrected chi connectivity index (χ4v) is 1.84. The van der Waals surface area contributed by atoms with E-state index in [0.29, 0.717) is 6.61 Å². The summed E-state index contributed by atoms with van der Waals surface area (Å²) in [5.74, 6) is 0.840. The Bertz CT molecular complexity index is 352. The van der Waals surface area contributed by atoms with Crippen LogP contribution in [0.5, 0.6) is 5.75 Å². The molecule has 1 aromatic carbocycles. The van der Waals surface area contributed by atoms with Gasteiger partial charge in [0.25, 0.3) is 0 Å². The van der Waals surface area contributed by atoms with Crippen molar-refractivity contribution in [3.63, 3.8) is 0 Å². The zero-order valence-electron chi connectivity index (χ0n) is 12.4. The molecule has 0 bridgehead atoms. The standard InChI is InChI=1S/C15H26N2O2/c1-5-19-14-8-6-13(7-9-14)15(18)12(2)16-10-11-17(3)4/h6-9,12,15-16,18H,5,10-11H2,1-4H3. The molecule has 1 rings (SSSR count). The van der Waals surface area contributed by atoms with Crippen LogP contribution in [0.15, 0.2) is 24.3 Å². The van der Waals surface area contributed by atoms with E-state index < -0.39 is 6.10 Å². The second-order valence-corrected chi connectivity index (χ2v) is 4.99. The number of nitrogens with one attached hydrogen (secondary N) is 1. The van der Waals surface area contributed by atoms with Crippen LogP contribution in [0.2, 0.25) is 0 Å². The van der Waals surface area contributed by atoms with E-state index in [2.05, 4.69) is 10.2 Å². The molecule has 2 unspecified atom stereocenters. The molecular formula is C15H26N2O2. The molecule has 19 heavy (non-hydrogen) atoms. The summed E-state index contributed by atoms with van der Waals surface area (Å²) in [7, 11) is 4.07. The van der Waals surface area contributed by atoms with Gasteiger partial charge in [0.1, 0.15) is 5.75 Å². The molecule has 4 heteroatoms. The Morgan fingerprint density at radius 3 is 2.42 bits per heavy atom. The van der Waals surface area contributed by atoms with Crippen LogP contribution in [0.1, 0.15) is 25.5 Å². The summed E-state index contributed by atoms with van der Waals surface area (Å²) in [4.78, 5) is 2.11. The second kappa shape index (κ2) is 8.15.